The maximum Gasteiger partial charge on any atom is 0.227 e. The monoisotopic (exact) mass is 280 g/mol. The number of benzene rings is 2. The van der Waals surface area contributed by atoms with Crippen LogP contribution in [0.1, 0.15) is 23.1 Å². The van der Waals surface area contributed by atoms with E-state index < -0.39 is 0 Å². The number of amides is 1. The van der Waals surface area contributed by atoms with E-state index in [-0.39, 0.29) is 11.8 Å². The Morgan fingerprint density at radius 2 is 1.95 bits per heavy atom. The van der Waals surface area contributed by atoms with Crippen molar-refractivity contribution >= 4 is 17.3 Å². The van der Waals surface area contributed by atoms with E-state index in [0.29, 0.717) is 5.69 Å². The second-order valence-corrected chi connectivity index (χ2v) is 5.77. The number of aryl methyl sites for hydroxylation is 2. The maximum atomic E-state index is 12.5. The van der Waals surface area contributed by atoms with Gasteiger partial charge in [-0.25, -0.2) is 0 Å². The zero-order chi connectivity index (χ0) is 14.8. The van der Waals surface area contributed by atoms with Crippen LogP contribution in [0.15, 0.2) is 42.5 Å². The molecular weight excluding hydrogens is 260 g/mol. The van der Waals surface area contributed by atoms with E-state index in [4.69, 9.17) is 5.73 Å². The lowest BCUT2D eigenvalue weighted by molar-refractivity contribution is -0.120. The number of carbonyl (C=O) groups excluding carboxylic acids is 1. The van der Waals surface area contributed by atoms with Gasteiger partial charge in [-0.05, 0) is 55.0 Å². The molecule has 0 bridgehead atoms. The Balaban J connectivity index is 1.74. The van der Waals surface area contributed by atoms with Gasteiger partial charge in [-0.2, -0.15) is 0 Å². The van der Waals surface area contributed by atoms with E-state index in [1.165, 1.54) is 11.1 Å². The van der Waals surface area contributed by atoms with Crippen LogP contribution in [0, 0.1) is 12.8 Å². The Hall–Kier alpha value is -2.29. The highest BCUT2D eigenvalue weighted by molar-refractivity contribution is 5.94. The lowest BCUT2D eigenvalue weighted by Gasteiger charge is -2.24. The molecule has 21 heavy (non-hydrogen) atoms. The Morgan fingerprint density at radius 1 is 1.19 bits per heavy atom. The number of nitrogens with two attached hydrogens (primary N) is 1. The van der Waals surface area contributed by atoms with Crippen molar-refractivity contribution in [2.45, 2.75) is 26.2 Å². The summed E-state index contributed by atoms with van der Waals surface area (Å²) in [7, 11) is 0. The van der Waals surface area contributed by atoms with Crippen LogP contribution in [0.2, 0.25) is 0 Å². The molecule has 1 atom stereocenters. The molecule has 3 rings (SSSR count). The van der Waals surface area contributed by atoms with Crippen molar-refractivity contribution in [1.82, 2.24) is 0 Å². The SMILES string of the molecule is Cc1ccc(N)cc1NC(=O)C1CCc2ccccc2C1. The number of nitrogens with one attached hydrogen (secondary N) is 1. The van der Waals surface area contributed by atoms with Crippen molar-refractivity contribution in [3.63, 3.8) is 0 Å². The highest BCUT2D eigenvalue weighted by Crippen LogP contribution is 2.27. The van der Waals surface area contributed by atoms with Gasteiger partial charge in [-0.15, -0.1) is 0 Å². The molecule has 2 aromatic rings. The third-order valence-electron chi connectivity index (χ3n) is 4.24. The molecule has 0 spiro atoms. The molecule has 108 valence electrons. The average Bonchev–Trinajstić information content (AvgIpc) is 2.50. The standard InChI is InChI=1S/C18H20N2O/c1-12-6-9-16(19)11-17(12)20-18(21)15-8-7-13-4-2-3-5-14(13)10-15/h2-6,9,11,15H,7-8,10,19H2,1H3,(H,20,21). The zero-order valence-corrected chi connectivity index (χ0v) is 12.2. The van der Waals surface area contributed by atoms with Gasteiger partial charge in [0.2, 0.25) is 5.91 Å². The van der Waals surface area contributed by atoms with Crippen molar-refractivity contribution in [2.75, 3.05) is 11.1 Å². The number of hydrogen-bond acceptors (Lipinski definition) is 2. The number of rotatable bonds is 2. The smallest absolute Gasteiger partial charge is 0.227 e. The molecule has 0 saturated carbocycles. The molecule has 3 nitrogen and oxygen atoms in total. The van der Waals surface area contributed by atoms with E-state index in [2.05, 4.69) is 23.5 Å². The molecule has 0 saturated heterocycles. The summed E-state index contributed by atoms with van der Waals surface area (Å²) in [6.45, 7) is 1.98. The largest absolute Gasteiger partial charge is 0.399 e. The first-order valence-electron chi connectivity index (χ1n) is 7.37. The van der Waals surface area contributed by atoms with E-state index in [1.807, 2.05) is 31.2 Å². The number of hydrogen-bond donors (Lipinski definition) is 2. The van der Waals surface area contributed by atoms with Crippen molar-refractivity contribution in [3.05, 3.63) is 59.2 Å². The molecule has 3 heteroatoms. The number of anilines is 2. The summed E-state index contributed by atoms with van der Waals surface area (Å²) in [4.78, 5) is 12.5. The topological polar surface area (TPSA) is 55.1 Å². The molecular formula is C18H20N2O. The summed E-state index contributed by atoms with van der Waals surface area (Å²) in [5.74, 6) is 0.138. The van der Waals surface area contributed by atoms with Crippen LogP contribution in [-0.2, 0) is 17.6 Å². The van der Waals surface area contributed by atoms with Crippen LogP contribution in [0.4, 0.5) is 11.4 Å². The van der Waals surface area contributed by atoms with Crippen LogP contribution in [0.5, 0.6) is 0 Å². The second-order valence-electron chi connectivity index (χ2n) is 5.77. The molecule has 0 radical (unpaired) electrons. The predicted octanol–water partition coefficient (Wildman–Crippen LogP) is 3.32. The minimum atomic E-state index is 0.0423. The lowest BCUT2D eigenvalue weighted by atomic mass is 9.83. The van der Waals surface area contributed by atoms with Crippen molar-refractivity contribution < 1.29 is 4.79 Å². The van der Waals surface area contributed by atoms with Crippen LogP contribution in [0.25, 0.3) is 0 Å². The quantitative estimate of drug-likeness (QED) is 0.829. The molecule has 1 aliphatic rings. The van der Waals surface area contributed by atoms with Gasteiger partial charge in [0, 0.05) is 17.3 Å². The van der Waals surface area contributed by atoms with Crippen molar-refractivity contribution in [3.8, 4) is 0 Å². The third-order valence-corrected chi connectivity index (χ3v) is 4.24. The highest BCUT2D eigenvalue weighted by atomic mass is 16.1. The minimum Gasteiger partial charge on any atom is -0.399 e. The van der Waals surface area contributed by atoms with Crippen LogP contribution in [0.3, 0.4) is 0 Å². The number of fused-ring (bicyclic) bond motifs is 1. The Labute approximate surface area is 125 Å². The van der Waals surface area contributed by atoms with Gasteiger partial charge in [-0.3, -0.25) is 4.79 Å². The zero-order valence-electron chi connectivity index (χ0n) is 12.2. The summed E-state index contributed by atoms with van der Waals surface area (Å²) in [5.41, 5.74) is 11.0. The molecule has 2 aromatic carbocycles. The first kappa shape index (κ1) is 13.7. The molecule has 1 unspecified atom stereocenters. The molecule has 1 amide bonds. The van der Waals surface area contributed by atoms with E-state index in [0.717, 1.165) is 30.5 Å². The van der Waals surface area contributed by atoms with Gasteiger partial charge < -0.3 is 11.1 Å². The Morgan fingerprint density at radius 3 is 2.76 bits per heavy atom. The van der Waals surface area contributed by atoms with Crippen LogP contribution in [-0.4, -0.2) is 5.91 Å². The van der Waals surface area contributed by atoms with Gasteiger partial charge in [0.1, 0.15) is 0 Å². The van der Waals surface area contributed by atoms with E-state index >= 15 is 0 Å². The maximum absolute atomic E-state index is 12.5. The van der Waals surface area contributed by atoms with Gasteiger partial charge >= 0.3 is 0 Å². The second kappa shape index (κ2) is 5.60. The fourth-order valence-corrected chi connectivity index (χ4v) is 2.93. The predicted molar refractivity (Wildman–Crippen MR) is 86.2 cm³/mol. The average molecular weight is 280 g/mol. The summed E-state index contributed by atoms with van der Waals surface area (Å²) in [6, 6.07) is 14.0. The molecule has 3 N–H and O–H groups in total. The van der Waals surface area contributed by atoms with Gasteiger partial charge in [0.15, 0.2) is 0 Å². The van der Waals surface area contributed by atoms with Crippen molar-refractivity contribution in [1.29, 1.82) is 0 Å². The Bertz CT molecular complexity index is 679. The first-order valence-corrected chi connectivity index (χ1v) is 7.37. The van der Waals surface area contributed by atoms with Gasteiger partial charge in [0.05, 0.1) is 0 Å². The van der Waals surface area contributed by atoms with Crippen LogP contribution < -0.4 is 11.1 Å². The van der Waals surface area contributed by atoms with Gasteiger partial charge in [0.25, 0.3) is 0 Å². The molecule has 0 aliphatic heterocycles. The van der Waals surface area contributed by atoms with Gasteiger partial charge in [-0.1, -0.05) is 30.3 Å². The minimum absolute atomic E-state index is 0.0423. The normalized spacial score (nSPS) is 17.1. The summed E-state index contributed by atoms with van der Waals surface area (Å²) < 4.78 is 0. The molecule has 0 fully saturated rings. The molecule has 0 aromatic heterocycles. The number of carbonyl (C=O) groups is 1. The Kier molecular flexibility index (Phi) is 3.65. The van der Waals surface area contributed by atoms with Crippen LogP contribution >= 0.6 is 0 Å². The van der Waals surface area contributed by atoms with Crippen molar-refractivity contribution in [2.24, 2.45) is 5.92 Å². The fourth-order valence-electron chi connectivity index (χ4n) is 2.93. The summed E-state index contributed by atoms with van der Waals surface area (Å²) in [6.07, 6.45) is 2.71. The first-order chi connectivity index (χ1) is 10.1. The summed E-state index contributed by atoms with van der Waals surface area (Å²) >= 11 is 0. The lowest BCUT2D eigenvalue weighted by Crippen LogP contribution is -2.28. The van der Waals surface area contributed by atoms with E-state index in [9.17, 15) is 4.79 Å². The fraction of sp³-hybridized carbons (Fsp3) is 0.278. The molecule has 0 heterocycles. The summed E-state index contributed by atoms with van der Waals surface area (Å²) in [5, 5.41) is 3.03. The highest BCUT2D eigenvalue weighted by Gasteiger charge is 2.24. The number of nitrogen functional groups attached to an aromatic ring is 1. The third kappa shape index (κ3) is 2.92. The van der Waals surface area contributed by atoms with E-state index in [1.54, 1.807) is 0 Å². The molecule has 1 aliphatic carbocycles.